The van der Waals surface area contributed by atoms with E-state index in [0.29, 0.717) is 12.3 Å². The van der Waals surface area contributed by atoms with Crippen molar-refractivity contribution in [3.63, 3.8) is 0 Å². The number of rotatable bonds is 7. The number of phenols is 1. The lowest BCUT2D eigenvalue weighted by Crippen LogP contribution is -2.34. The van der Waals surface area contributed by atoms with Crippen LogP contribution < -0.4 is 10.1 Å². The molecule has 0 aliphatic carbocycles. The molecule has 4 nitrogen and oxygen atoms in total. The number of aliphatic hydroxyl groups is 1. The number of methoxy groups -OCH3 is 1. The molecule has 4 heteroatoms. The summed E-state index contributed by atoms with van der Waals surface area (Å²) in [7, 11) is 1.56. The normalized spacial score (nSPS) is 12.1. The van der Waals surface area contributed by atoms with Gasteiger partial charge in [0, 0.05) is 24.2 Å². The van der Waals surface area contributed by atoms with E-state index in [2.05, 4.69) is 5.32 Å². The van der Waals surface area contributed by atoms with Crippen LogP contribution in [0.4, 0.5) is 0 Å². The summed E-state index contributed by atoms with van der Waals surface area (Å²) in [4.78, 5) is 0. The van der Waals surface area contributed by atoms with E-state index in [1.807, 2.05) is 42.5 Å². The van der Waals surface area contributed by atoms with Crippen molar-refractivity contribution in [2.45, 2.75) is 19.0 Å². The molecule has 0 saturated heterocycles. The minimum absolute atomic E-state index is 0.0473. The number of aliphatic hydroxyl groups excluding tert-OH is 1. The molecule has 0 aliphatic heterocycles. The molecular formula is C17H21NO3. The van der Waals surface area contributed by atoms with Crippen LogP contribution in [0.2, 0.25) is 0 Å². The van der Waals surface area contributed by atoms with Gasteiger partial charge in [-0.1, -0.05) is 36.4 Å². The maximum Gasteiger partial charge on any atom is 0.123 e. The Hall–Kier alpha value is -2.04. The van der Waals surface area contributed by atoms with Crippen LogP contribution in [-0.4, -0.2) is 30.0 Å². The molecule has 0 spiro atoms. The molecule has 0 aliphatic rings. The Kier molecular flexibility index (Phi) is 5.60. The highest BCUT2D eigenvalue weighted by Crippen LogP contribution is 2.23. The lowest BCUT2D eigenvalue weighted by molar-refractivity contribution is 0.240. The average molecular weight is 287 g/mol. The number of nitrogens with one attached hydrogen (secondary N) is 1. The standard InChI is InChI=1S/C17H21NO3/c1-21-16-8-7-14(17(20)10-16)11-18-15(12-19)9-13-5-3-2-4-6-13/h2-8,10,15,18-20H,9,11-12H2,1H3/t15-/m0/s1. The first kappa shape index (κ1) is 15.4. The molecule has 0 bridgehead atoms. The minimum Gasteiger partial charge on any atom is -0.507 e. The first-order valence-corrected chi connectivity index (χ1v) is 6.97. The largest absolute Gasteiger partial charge is 0.507 e. The van der Waals surface area contributed by atoms with Crippen LogP contribution in [0.5, 0.6) is 11.5 Å². The number of aromatic hydroxyl groups is 1. The van der Waals surface area contributed by atoms with Gasteiger partial charge in [0.05, 0.1) is 13.7 Å². The molecule has 21 heavy (non-hydrogen) atoms. The Balaban J connectivity index is 1.94. The van der Waals surface area contributed by atoms with E-state index >= 15 is 0 Å². The van der Waals surface area contributed by atoms with E-state index in [0.717, 1.165) is 12.0 Å². The van der Waals surface area contributed by atoms with Crippen molar-refractivity contribution >= 4 is 0 Å². The van der Waals surface area contributed by atoms with Gasteiger partial charge in [0.2, 0.25) is 0 Å². The first-order chi connectivity index (χ1) is 10.2. The van der Waals surface area contributed by atoms with Gasteiger partial charge in [0.1, 0.15) is 11.5 Å². The Morgan fingerprint density at radius 2 is 1.90 bits per heavy atom. The van der Waals surface area contributed by atoms with Crippen molar-refractivity contribution in [1.82, 2.24) is 5.32 Å². The van der Waals surface area contributed by atoms with Gasteiger partial charge in [0.15, 0.2) is 0 Å². The lowest BCUT2D eigenvalue weighted by Gasteiger charge is -2.17. The molecule has 0 unspecified atom stereocenters. The van der Waals surface area contributed by atoms with Gasteiger partial charge in [-0.3, -0.25) is 0 Å². The van der Waals surface area contributed by atoms with E-state index in [-0.39, 0.29) is 18.4 Å². The molecular weight excluding hydrogens is 266 g/mol. The number of benzene rings is 2. The topological polar surface area (TPSA) is 61.7 Å². The predicted molar refractivity (Wildman–Crippen MR) is 82.5 cm³/mol. The van der Waals surface area contributed by atoms with Gasteiger partial charge >= 0.3 is 0 Å². The highest BCUT2D eigenvalue weighted by atomic mass is 16.5. The molecule has 0 saturated carbocycles. The summed E-state index contributed by atoms with van der Waals surface area (Å²) < 4.78 is 5.06. The molecule has 0 radical (unpaired) electrons. The maximum absolute atomic E-state index is 9.92. The second kappa shape index (κ2) is 7.67. The third kappa shape index (κ3) is 4.48. The fraction of sp³-hybridized carbons (Fsp3) is 0.294. The summed E-state index contributed by atoms with van der Waals surface area (Å²) in [6, 6.07) is 15.2. The molecule has 1 atom stereocenters. The second-order valence-electron chi connectivity index (χ2n) is 4.94. The summed E-state index contributed by atoms with van der Waals surface area (Å²) in [6.45, 7) is 0.541. The Bertz CT molecular complexity index is 557. The second-order valence-corrected chi connectivity index (χ2v) is 4.94. The summed E-state index contributed by atoms with van der Waals surface area (Å²) in [5.41, 5.74) is 1.95. The molecule has 2 aromatic rings. The summed E-state index contributed by atoms with van der Waals surface area (Å²) in [6.07, 6.45) is 0.744. The van der Waals surface area contributed by atoms with Crippen LogP contribution in [0, 0.1) is 0 Å². The van der Waals surface area contributed by atoms with Gasteiger partial charge in [-0.25, -0.2) is 0 Å². The van der Waals surface area contributed by atoms with E-state index < -0.39 is 0 Å². The number of ether oxygens (including phenoxy) is 1. The summed E-state index contributed by atoms with van der Waals surface area (Å²) in [5, 5.41) is 22.6. The molecule has 0 fully saturated rings. The van der Waals surface area contributed by atoms with Gasteiger partial charge in [-0.05, 0) is 18.1 Å². The number of hydrogen-bond donors (Lipinski definition) is 3. The molecule has 2 aromatic carbocycles. The summed E-state index contributed by atoms with van der Waals surface area (Å²) in [5.74, 6) is 0.817. The maximum atomic E-state index is 9.92. The minimum atomic E-state index is -0.0473. The fourth-order valence-electron chi connectivity index (χ4n) is 2.17. The van der Waals surface area contributed by atoms with Gasteiger partial charge < -0.3 is 20.3 Å². The molecule has 112 valence electrons. The number of hydrogen-bond acceptors (Lipinski definition) is 4. The van der Waals surface area contributed by atoms with Gasteiger partial charge in [-0.2, -0.15) is 0 Å². The van der Waals surface area contributed by atoms with Crippen LogP contribution in [0.15, 0.2) is 48.5 Å². The lowest BCUT2D eigenvalue weighted by atomic mass is 10.1. The van der Waals surface area contributed by atoms with Crippen molar-refractivity contribution in [3.8, 4) is 11.5 Å². The molecule has 0 amide bonds. The molecule has 0 heterocycles. The van der Waals surface area contributed by atoms with Crippen LogP contribution in [0.25, 0.3) is 0 Å². The SMILES string of the molecule is COc1ccc(CN[C@H](CO)Cc2ccccc2)c(O)c1. The average Bonchev–Trinajstić information content (AvgIpc) is 2.53. The quantitative estimate of drug-likeness (QED) is 0.730. The van der Waals surface area contributed by atoms with Crippen LogP contribution in [-0.2, 0) is 13.0 Å². The van der Waals surface area contributed by atoms with Crippen molar-refractivity contribution in [3.05, 3.63) is 59.7 Å². The highest BCUT2D eigenvalue weighted by Gasteiger charge is 2.10. The molecule has 3 N–H and O–H groups in total. The predicted octanol–water partition coefficient (Wildman–Crippen LogP) is 2.09. The van der Waals surface area contributed by atoms with Crippen LogP contribution in [0.3, 0.4) is 0 Å². The zero-order valence-corrected chi connectivity index (χ0v) is 12.1. The van der Waals surface area contributed by atoms with E-state index in [1.54, 1.807) is 13.2 Å². The van der Waals surface area contributed by atoms with Gasteiger partial charge in [-0.15, -0.1) is 0 Å². The molecule has 2 rings (SSSR count). The first-order valence-electron chi connectivity index (χ1n) is 6.97. The van der Waals surface area contributed by atoms with Crippen molar-refractivity contribution < 1.29 is 14.9 Å². The zero-order chi connectivity index (χ0) is 15.1. The highest BCUT2D eigenvalue weighted by molar-refractivity contribution is 5.39. The zero-order valence-electron chi connectivity index (χ0n) is 12.1. The smallest absolute Gasteiger partial charge is 0.123 e. The Labute approximate surface area is 125 Å². The summed E-state index contributed by atoms with van der Waals surface area (Å²) >= 11 is 0. The monoisotopic (exact) mass is 287 g/mol. The molecule has 0 aromatic heterocycles. The fourth-order valence-corrected chi connectivity index (χ4v) is 2.17. The van der Waals surface area contributed by atoms with Crippen LogP contribution >= 0.6 is 0 Å². The Morgan fingerprint density at radius 1 is 1.14 bits per heavy atom. The van der Waals surface area contributed by atoms with E-state index in [9.17, 15) is 10.2 Å². The third-order valence-electron chi connectivity index (χ3n) is 3.42. The van der Waals surface area contributed by atoms with Crippen LogP contribution in [0.1, 0.15) is 11.1 Å². The Morgan fingerprint density at radius 3 is 2.52 bits per heavy atom. The third-order valence-corrected chi connectivity index (χ3v) is 3.42. The van der Waals surface area contributed by atoms with E-state index in [4.69, 9.17) is 4.74 Å². The van der Waals surface area contributed by atoms with Crippen molar-refractivity contribution in [2.24, 2.45) is 0 Å². The van der Waals surface area contributed by atoms with E-state index in [1.165, 1.54) is 5.56 Å². The van der Waals surface area contributed by atoms with Gasteiger partial charge in [0.25, 0.3) is 0 Å². The number of phenolic OH excluding ortho intramolecular Hbond substituents is 1. The van der Waals surface area contributed by atoms with Crippen molar-refractivity contribution in [1.29, 1.82) is 0 Å². The van der Waals surface area contributed by atoms with Crippen molar-refractivity contribution in [2.75, 3.05) is 13.7 Å².